The van der Waals surface area contributed by atoms with Gasteiger partial charge < -0.3 is 20.0 Å². The molecule has 0 aliphatic heterocycles. The van der Waals surface area contributed by atoms with Crippen molar-refractivity contribution in [2.45, 2.75) is 18.9 Å². The molecule has 0 unspecified atom stereocenters. The SMILES string of the molecule is Nc1ncnc2c1c(-n1ccc3cc(O)c(F)cc31)cn2C1Cc2ccccc2C1. The first-order valence-electron chi connectivity index (χ1n) is 9.78. The van der Waals surface area contributed by atoms with Crippen LogP contribution >= 0.6 is 0 Å². The van der Waals surface area contributed by atoms with Crippen LogP contribution in [0.1, 0.15) is 17.2 Å². The third kappa shape index (κ3) is 2.35. The monoisotopic (exact) mass is 399 g/mol. The maximum Gasteiger partial charge on any atom is 0.166 e. The molecule has 3 heterocycles. The van der Waals surface area contributed by atoms with Gasteiger partial charge in [0, 0.05) is 29.9 Å². The van der Waals surface area contributed by atoms with Crippen molar-refractivity contribution in [1.82, 2.24) is 19.1 Å². The number of phenolic OH excluding ortho intramolecular Hbond substituents is 1. The average Bonchev–Trinajstić information content (AvgIpc) is 3.43. The summed E-state index contributed by atoms with van der Waals surface area (Å²) in [7, 11) is 0. The molecule has 0 fully saturated rings. The fourth-order valence-electron chi connectivity index (χ4n) is 4.64. The van der Waals surface area contributed by atoms with E-state index in [-0.39, 0.29) is 11.8 Å². The highest BCUT2D eigenvalue weighted by molar-refractivity contribution is 5.97. The third-order valence-electron chi connectivity index (χ3n) is 6.06. The highest BCUT2D eigenvalue weighted by Crippen LogP contribution is 2.37. The molecule has 0 saturated heterocycles. The summed E-state index contributed by atoms with van der Waals surface area (Å²) in [6.07, 6.45) is 7.18. The zero-order valence-electron chi connectivity index (χ0n) is 16.0. The van der Waals surface area contributed by atoms with Crippen LogP contribution in [0.25, 0.3) is 27.6 Å². The van der Waals surface area contributed by atoms with Crippen molar-refractivity contribution in [1.29, 1.82) is 0 Å². The Morgan fingerprint density at radius 2 is 1.83 bits per heavy atom. The number of aromatic nitrogens is 4. The summed E-state index contributed by atoms with van der Waals surface area (Å²) in [5, 5.41) is 11.2. The highest BCUT2D eigenvalue weighted by Gasteiger charge is 2.26. The zero-order chi connectivity index (χ0) is 20.4. The lowest BCUT2D eigenvalue weighted by molar-refractivity contribution is 0.433. The second-order valence-corrected chi connectivity index (χ2v) is 7.76. The number of nitrogens with zero attached hydrogens (tertiary/aromatic N) is 4. The first-order valence-corrected chi connectivity index (χ1v) is 9.78. The third-order valence-corrected chi connectivity index (χ3v) is 6.06. The Morgan fingerprint density at radius 3 is 2.60 bits per heavy atom. The fourth-order valence-corrected chi connectivity index (χ4v) is 4.64. The maximum atomic E-state index is 14.1. The molecule has 3 N–H and O–H groups in total. The van der Waals surface area contributed by atoms with E-state index in [9.17, 15) is 9.50 Å². The molecule has 148 valence electrons. The average molecular weight is 399 g/mol. The molecule has 0 saturated carbocycles. The van der Waals surface area contributed by atoms with Gasteiger partial charge in [-0.2, -0.15) is 0 Å². The Morgan fingerprint density at radius 1 is 1.07 bits per heavy atom. The van der Waals surface area contributed by atoms with E-state index in [1.165, 1.54) is 29.6 Å². The Hall–Kier alpha value is -3.87. The lowest BCUT2D eigenvalue weighted by atomic mass is 10.1. The summed E-state index contributed by atoms with van der Waals surface area (Å²) in [6.45, 7) is 0. The minimum atomic E-state index is -0.665. The highest BCUT2D eigenvalue weighted by atomic mass is 19.1. The van der Waals surface area contributed by atoms with E-state index in [0.29, 0.717) is 11.3 Å². The molecular formula is C23H18FN5O. The van der Waals surface area contributed by atoms with Gasteiger partial charge in [-0.05, 0) is 36.1 Å². The molecule has 0 spiro atoms. The van der Waals surface area contributed by atoms with Crippen molar-refractivity contribution in [3.05, 3.63) is 78.1 Å². The summed E-state index contributed by atoms with van der Waals surface area (Å²) >= 11 is 0. The minimum absolute atomic E-state index is 0.218. The largest absolute Gasteiger partial charge is 0.505 e. The quantitative estimate of drug-likeness (QED) is 0.467. The summed E-state index contributed by atoms with van der Waals surface area (Å²) < 4.78 is 18.1. The Kier molecular flexibility index (Phi) is 3.44. The topological polar surface area (TPSA) is 81.9 Å². The molecule has 0 bridgehead atoms. The van der Waals surface area contributed by atoms with Crippen LogP contribution in [-0.2, 0) is 12.8 Å². The van der Waals surface area contributed by atoms with Crippen LogP contribution in [0.5, 0.6) is 5.75 Å². The standard InChI is InChI=1S/C23H18FN5O/c24-17-10-18-15(9-20(17)30)5-6-28(18)19-11-29(23-21(19)22(25)26-12-27-23)16-7-13-3-1-2-4-14(13)8-16/h1-6,9-12,16,30H,7-8H2,(H2,25,26,27). The number of halogens is 1. The lowest BCUT2D eigenvalue weighted by Gasteiger charge is -2.12. The molecule has 5 aromatic rings. The van der Waals surface area contributed by atoms with E-state index in [4.69, 9.17) is 5.73 Å². The molecule has 0 atom stereocenters. The number of rotatable bonds is 2. The van der Waals surface area contributed by atoms with Crippen molar-refractivity contribution >= 4 is 27.8 Å². The van der Waals surface area contributed by atoms with Gasteiger partial charge in [-0.1, -0.05) is 24.3 Å². The number of nitrogens with two attached hydrogens (primary N) is 1. The van der Waals surface area contributed by atoms with Crippen molar-refractivity contribution in [3.8, 4) is 11.4 Å². The summed E-state index contributed by atoms with van der Waals surface area (Å²) in [4.78, 5) is 8.73. The number of anilines is 1. The van der Waals surface area contributed by atoms with Crippen molar-refractivity contribution in [3.63, 3.8) is 0 Å². The van der Waals surface area contributed by atoms with E-state index in [0.717, 1.165) is 34.9 Å². The van der Waals surface area contributed by atoms with Crippen LogP contribution in [0.2, 0.25) is 0 Å². The van der Waals surface area contributed by atoms with Crippen LogP contribution in [0.15, 0.2) is 61.2 Å². The number of fused-ring (bicyclic) bond motifs is 3. The number of phenols is 1. The van der Waals surface area contributed by atoms with E-state index in [1.54, 1.807) is 0 Å². The van der Waals surface area contributed by atoms with Crippen molar-refractivity contribution < 1.29 is 9.50 Å². The predicted molar refractivity (Wildman–Crippen MR) is 113 cm³/mol. The van der Waals surface area contributed by atoms with Gasteiger partial charge in [0.25, 0.3) is 0 Å². The number of aromatic hydroxyl groups is 1. The normalized spacial score (nSPS) is 14.0. The van der Waals surface area contributed by atoms with Gasteiger partial charge in [-0.15, -0.1) is 0 Å². The Balaban J connectivity index is 1.57. The van der Waals surface area contributed by atoms with Crippen molar-refractivity contribution in [2.24, 2.45) is 0 Å². The molecule has 3 aromatic heterocycles. The van der Waals surface area contributed by atoms with E-state index >= 15 is 0 Å². The first-order chi connectivity index (χ1) is 14.6. The van der Waals surface area contributed by atoms with E-state index < -0.39 is 5.82 Å². The van der Waals surface area contributed by atoms with Gasteiger partial charge in [0.2, 0.25) is 0 Å². The molecule has 7 heteroatoms. The minimum Gasteiger partial charge on any atom is -0.505 e. The lowest BCUT2D eigenvalue weighted by Crippen LogP contribution is -2.08. The van der Waals surface area contributed by atoms with Gasteiger partial charge in [0.15, 0.2) is 11.6 Å². The fraction of sp³-hybridized carbons (Fsp3) is 0.130. The molecule has 30 heavy (non-hydrogen) atoms. The van der Waals surface area contributed by atoms with Gasteiger partial charge in [0.1, 0.15) is 17.8 Å². The van der Waals surface area contributed by atoms with Crippen LogP contribution in [0, 0.1) is 5.82 Å². The maximum absolute atomic E-state index is 14.1. The molecule has 0 amide bonds. The molecule has 6 nitrogen and oxygen atoms in total. The number of nitrogen functional groups attached to an aromatic ring is 1. The molecule has 1 aliphatic rings. The van der Waals surface area contributed by atoms with Crippen LogP contribution in [-0.4, -0.2) is 24.2 Å². The molecule has 6 rings (SSSR count). The number of hydrogen-bond donors (Lipinski definition) is 2. The number of benzene rings is 2. The molecule has 1 aliphatic carbocycles. The summed E-state index contributed by atoms with van der Waals surface area (Å²) in [5.74, 6) is -0.652. The van der Waals surface area contributed by atoms with Gasteiger partial charge in [-0.3, -0.25) is 0 Å². The smallest absolute Gasteiger partial charge is 0.166 e. The summed E-state index contributed by atoms with van der Waals surface area (Å²) in [6, 6.07) is 13.3. The Bertz CT molecular complexity index is 1430. The van der Waals surface area contributed by atoms with Gasteiger partial charge in [-0.25, -0.2) is 14.4 Å². The second-order valence-electron chi connectivity index (χ2n) is 7.76. The molecular weight excluding hydrogens is 381 g/mol. The van der Waals surface area contributed by atoms with Crippen LogP contribution in [0.3, 0.4) is 0 Å². The Labute approximate surface area is 171 Å². The zero-order valence-corrected chi connectivity index (χ0v) is 16.0. The van der Waals surface area contributed by atoms with Crippen LogP contribution < -0.4 is 5.73 Å². The second kappa shape index (κ2) is 6.06. The summed E-state index contributed by atoms with van der Waals surface area (Å²) in [5.41, 5.74) is 11.1. The molecule has 0 radical (unpaired) electrons. The van der Waals surface area contributed by atoms with E-state index in [1.807, 2.05) is 23.0 Å². The van der Waals surface area contributed by atoms with Crippen molar-refractivity contribution in [2.75, 3.05) is 5.73 Å². The van der Waals surface area contributed by atoms with Gasteiger partial charge in [0.05, 0.1) is 16.6 Å². The first kappa shape index (κ1) is 17.0. The number of hydrogen-bond acceptors (Lipinski definition) is 4. The van der Waals surface area contributed by atoms with E-state index in [2.05, 4.69) is 38.8 Å². The van der Waals surface area contributed by atoms with Gasteiger partial charge >= 0.3 is 0 Å². The predicted octanol–water partition coefficient (Wildman–Crippen LogP) is 4.14. The van der Waals surface area contributed by atoms with Crippen LogP contribution in [0.4, 0.5) is 10.2 Å². The molecule has 2 aromatic carbocycles.